The molecule has 0 spiro atoms. The van der Waals surface area contributed by atoms with Gasteiger partial charge in [0.1, 0.15) is 0 Å². The van der Waals surface area contributed by atoms with Gasteiger partial charge in [-0.2, -0.15) is 11.8 Å². The molecule has 0 rings (SSSR count). The van der Waals surface area contributed by atoms with Crippen LogP contribution in [-0.4, -0.2) is 41.8 Å². The summed E-state index contributed by atoms with van der Waals surface area (Å²) in [4.78, 5) is 37.8. The maximum absolute atomic E-state index is 13.3. The van der Waals surface area contributed by atoms with Crippen LogP contribution in [-0.2, 0) is 19.1 Å². The number of esters is 1. The number of Topliss-reactive ketones (excluding diaryl/α,β-unsaturated/α-hetero) is 1. The number of rotatable bonds is 33. The largest absolute Gasteiger partial charge is 0.466 e. The zero-order valence-electron chi connectivity index (χ0n) is 31.9. The third-order valence-corrected chi connectivity index (χ3v) is 9.70. The minimum atomic E-state index is -0.437. The highest BCUT2D eigenvalue weighted by Gasteiger charge is 2.23. The molecule has 0 heterocycles. The van der Waals surface area contributed by atoms with Crippen molar-refractivity contribution in [1.82, 2.24) is 5.32 Å². The van der Waals surface area contributed by atoms with E-state index in [1.54, 1.807) is 18.7 Å². The topological polar surface area (TPSA) is 72.5 Å². The number of hydrogen-bond donors (Lipinski definition) is 1. The van der Waals surface area contributed by atoms with Crippen LogP contribution in [0.4, 0.5) is 0 Å². The molecule has 46 heavy (non-hydrogen) atoms. The highest BCUT2D eigenvalue weighted by Crippen LogP contribution is 2.21. The predicted molar refractivity (Wildman–Crippen MR) is 203 cm³/mol. The Hall–Kier alpha value is -1.04. The lowest BCUT2D eigenvalue weighted by Gasteiger charge is -2.21. The van der Waals surface area contributed by atoms with E-state index in [9.17, 15) is 14.4 Å². The van der Waals surface area contributed by atoms with Crippen molar-refractivity contribution in [1.29, 1.82) is 0 Å². The van der Waals surface area contributed by atoms with Crippen LogP contribution < -0.4 is 5.32 Å². The van der Waals surface area contributed by atoms with Crippen LogP contribution in [0, 0.1) is 11.8 Å². The van der Waals surface area contributed by atoms with Crippen LogP contribution in [0.2, 0.25) is 0 Å². The SMILES string of the molecule is CC.CCCCCCCCCCC(CCCCCCCC)C(=O)NC(CCSCCC(=O)OCCCCCCCC(C)C)C(C)=O. The molecule has 0 fully saturated rings. The fourth-order valence-electron chi connectivity index (χ4n) is 5.67. The van der Waals surface area contributed by atoms with E-state index in [1.807, 2.05) is 13.8 Å². The van der Waals surface area contributed by atoms with E-state index in [2.05, 4.69) is 33.0 Å². The summed E-state index contributed by atoms with van der Waals surface area (Å²) in [6.45, 7) is 15.1. The second kappa shape index (κ2) is 36.8. The van der Waals surface area contributed by atoms with E-state index < -0.39 is 6.04 Å². The Balaban J connectivity index is 0. The third kappa shape index (κ3) is 32.9. The molecule has 6 heteroatoms. The first-order chi connectivity index (χ1) is 22.3. The lowest BCUT2D eigenvalue weighted by molar-refractivity contribution is -0.143. The van der Waals surface area contributed by atoms with Crippen molar-refractivity contribution >= 4 is 29.4 Å². The molecular weight excluding hydrogens is 591 g/mol. The van der Waals surface area contributed by atoms with Gasteiger partial charge in [0.15, 0.2) is 5.78 Å². The Morgan fingerprint density at radius 1 is 0.609 bits per heavy atom. The molecule has 2 atom stereocenters. The first-order valence-electron chi connectivity index (χ1n) is 19.9. The maximum atomic E-state index is 13.3. The number of ketones is 1. The summed E-state index contributed by atoms with van der Waals surface area (Å²) in [7, 11) is 0. The van der Waals surface area contributed by atoms with Gasteiger partial charge < -0.3 is 10.1 Å². The van der Waals surface area contributed by atoms with Gasteiger partial charge in [-0.1, -0.05) is 164 Å². The van der Waals surface area contributed by atoms with Crippen LogP contribution in [0.3, 0.4) is 0 Å². The summed E-state index contributed by atoms with van der Waals surface area (Å²) < 4.78 is 5.40. The average Bonchev–Trinajstić information content (AvgIpc) is 3.04. The highest BCUT2D eigenvalue weighted by atomic mass is 32.2. The Kier molecular flexibility index (Phi) is 37.7. The van der Waals surface area contributed by atoms with Gasteiger partial charge in [-0.15, -0.1) is 0 Å². The molecule has 0 radical (unpaired) electrons. The molecule has 0 aromatic rings. The average molecular weight is 670 g/mol. The van der Waals surface area contributed by atoms with Gasteiger partial charge in [-0.05, 0) is 44.3 Å². The van der Waals surface area contributed by atoms with Crippen molar-refractivity contribution in [2.24, 2.45) is 11.8 Å². The van der Waals surface area contributed by atoms with Crippen LogP contribution in [0.15, 0.2) is 0 Å². The number of unbranched alkanes of at least 4 members (excludes halogenated alkanes) is 16. The van der Waals surface area contributed by atoms with E-state index in [0.717, 1.165) is 50.2 Å². The monoisotopic (exact) mass is 670 g/mol. The van der Waals surface area contributed by atoms with Crippen molar-refractivity contribution in [3.8, 4) is 0 Å². The number of hydrogen-bond acceptors (Lipinski definition) is 5. The van der Waals surface area contributed by atoms with E-state index >= 15 is 0 Å². The van der Waals surface area contributed by atoms with Gasteiger partial charge >= 0.3 is 5.97 Å². The van der Waals surface area contributed by atoms with Crippen molar-refractivity contribution in [2.45, 2.75) is 209 Å². The molecule has 2 unspecified atom stereocenters. The van der Waals surface area contributed by atoms with Gasteiger partial charge in [0, 0.05) is 11.7 Å². The van der Waals surface area contributed by atoms with Crippen molar-refractivity contribution in [3.05, 3.63) is 0 Å². The second-order valence-electron chi connectivity index (χ2n) is 13.5. The Bertz CT molecular complexity index is 684. The molecule has 0 saturated heterocycles. The van der Waals surface area contributed by atoms with Crippen LogP contribution in [0.5, 0.6) is 0 Å². The van der Waals surface area contributed by atoms with E-state index in [-0.39, 0.29) is 23.6 Å². The summed E-state index contributed by atoms with van der Waals surface area (Å²) >= 11 is 1.66. The minimum absolute atomic E-state index is 0.00517. The predicted octanol–water partition coefficient (Wildman–Crippen LogP) is 12.0. The quantitative estimate of drug-likeness (QED) is 0.0556. The number of nitrogens with one attached hydrogen (secondary N) is 1. The number of carbonyl (C=O) groups excluding carboxylic acids is 3. The summed E-state index contributed by atoms with van der Waals surface area (Å²) in [5.41, 5.74) is 0. The molecule has 0 aliphatic heterocycles. The number of ether oxygens (including phenoxy) is 1. The number of carbonyl (C=O) groups is 3. The third-order valence-electron chi connectivity index (χ3n) is 8.68. The first-order valence-corrected chi connectivity index (χ1v) is 21.0. The van der Waals surface area contributed by atoms with Crippen LogP contribution in [0.1, 0.15) is 203 Å². The normalized spacial score (nSPS) is 12.3. The zero-order valence-corrected chi connectivity index (χ0v) is 32.7. The molecule has 5 nitrogen and oxygen atoms in total. The van der Waals surface area contributed by atoms with Gasteiger partial charge in [0.25, 0.3) is 0 Å². The lowest BCUT2D eigenvalue weighted by Crippen LogP contribution is -2.43. The van der Waals surface area contributed by atoms with Gasteiger partial charge in [-0.3, -0.25) is 14.4 Å². The van der Waals surface area contributed by atoms with Crippen LogP contribution in [0.25, 0.3) is 0 Å². The van der Waals surface area contributed by atoms with Crippen LogP contribution >= 0.6 is 11.8 Å². The smallest absolute Gasteiger partial charge is 0.306 e. The number of thioether (sulfide) groups is 1. The summed E-state index contributed by atoms with van der Waals surface area (Å²) in [5, 5.41) is 3.12. The Morgan fingerprint density at radius 2 is 1.07 bits per heavy atom. The molecule has 0 bridgehead atoms. The van der Waals surface area contributed by atoms with Gasteiger partial charge in [0.2, 0.25) is 5.91 Å². The highest BCUT2D eigenvalue weighted by molar-refractivity contribution is 7.99. The van der Waals surface area contributed by atoms with E-state index in [1.165, 1.54) is 103 Å². The minimum Gasteiger partial charge on any atom is -0.466 e. The molecule has 0 aliphatic carbocycles. The molecule has 0 aromatic heterocycles. The summed E-state index contributed by atoms with van der Waals surface area (Å²) in [5.74, 6) is 2.17. The number of amides is 1. The Labute approximate surface area is 291 Å². The maximum Gasteiger partial charge on any atom is 0.306 e. The van der Waals surface area contributed by atoms with Crippen molar-refractivity contribution in [3.63, 3.8) is 0 Å². The second-order valence-corrected chi connectivity index (χ2v) is 14.7. The lowest BCUT2D eigenvalue weighted by atomic mass is 9.92. The summed E-state index contributed by atoms with van der Waals surface area (Å²) in [6, 6.07) is -0.437. The van der Waals surface area contributed by atoms with Crippen molar-refractivity contribution < 1.29 is 19.1 Å². The van der Waals surface area contributed by atoms with Gasteiger partial charge in [-0.25, -0.2) is 0 Å². The first kappa shape index (κ1) is 47.1. The zero-order chi connectivity index (χ0) is 34.7. The molecule has 1 amide bonds. The Morgan fingerprint density at radius 3 is 1.54 bits per heavy atom. The van der Waals surface area contributed by atoms with Gasteiger partial charge in [0.05, 0.1) is 19.1 Å². The molecule has 0 saturated carbocycles. The molecular formula is C40H79NO4S. The van der Waals surface area contributed by atoms with E-state index in [4.69, 9.17) is 4.74 Å². The molecule has 0 aliphatic rings. The fourth-order valence-corrected chi connectivity index (χ4v) is 6.59. The summed E-state index contributed by atoms with van der Waals surface area (Å²) in [6.07, 6.45) is 27.5. The molecule has 1 N–H and O–H groups in total. The fraction of sp³-hybridized carbons (Fsp3) is 0.925. The van der Waals surface area contributed by atoms with E-state index in [0.29, 0.717) is 25.2 Å². The standard InChI is InChI=1S/C38H73NO4S.C2H6/c1-6-8-10-12-14-15-19-23-27-35(26-22-18-13-11-9-7-2)38(42)39-36(34(5)40)28-31-44-32-29-37(41)43-30-24-20-16-17-21-25-33(3)4;1-2/h33,35-36H,6-32H2,1-5H3,(H,39,42);1-2H3. The molecule has 0 aromatic carbocycles. The van der Waals surface area contributed by atoms with Crippen molar-refractivity contribution in [2.75, 3.05) is 18.1 Å². The molecule has 274 valence electrons.